The summed E-state index contributed by atoms with van der Waals surface area (Å²) in [6, 6.07) is 78.2. The minimum absolute atomic E-state index is 0. The van der Waals surface area contributed by atoms with Crippen LogP contribution in [0.15, 0.2) is 242 Å². The van der Waals surface area contributed by atoms with E-state index in [4.69, 9.17) is 20.3 Å². The molecule has 485 valence electrons. The maximum atomic E-state index is 10.0. The van der Waals surface area contributed by atoms with E-state index >= 15 is 0 Å². The molecule has 0 atom stereocenters. The van der Waals surface area contributed by atoms with Crippen molar-refractivity contribution in [2.45, 2.75) is 93.9 Å². The molecule has 3 radical (unpaired) electrons. The van der Waals surface area contributed by atoms with Crippen LogP contribution in [0.25, 0.3) is 88.8 Å². The van der Waals surface area contributed by atoms with Gasteiger partial charge < -0.3 is 25.3 Å². The molecule has 2 aliphatic carbocycles. The Labute approximate surface area is 594 Å². The molecule has 3 heterocycles. The SMILES string of the molecule is CC(=O)C=C(C)O.CC(=O)C=C(C)O.CC(=O)C=C(C)O.CC1(C)c2ccccc2-c2c[c-]c(-c3cc4ccccc4cn3)cc21.CC1(C)c2ccccc2-c2c[c-]c(-c3ccccn3)cc21.Cc1[c-]c(-c2cc(-c3ccccc3)c3ccccc3n2)ccc1C.[Ir].[Ir].[Ir]. The number of hydrogen-bond donors (Lipinski definition) is 3. The predicted octanol–water partition coefficient (Wildman–Crippen LogP) is 20.0. The van der Waals surface area contributed by atoms with Gasteiger partial charge >= 0.3 is 0 Å². The van der Waals surface area contributed by atoms with Gasteiger partial charge in [-0.25, -0.2) is 0 Å². The minimum Gasteiger partial charge on any atom is -0.512 e. The molecule has 0 saturated heterocycles. The number of allylic oxidation sites excluding steroid dienone is 6. The zero-order valence-electron chi connectivity index (χ0n) is 54.8. The molecule has 12 heteroatoms. The smallest absolute Gasteiger partial charge is 0.155 e. The molecule has 2 aliphatic rings. The van der Waals surface area contributed by atoms with E-state index in [1.54, 1.807) is 0 Å². The fourth-order valence-electron chi connectivity index (χ4n) is 11.2. The third-order valence-electron chi connectivity index (χ3n) is 15.6. The van der Waals surface area contributed by atoms with Crippen molar-refractivity contribution < 1.29 is 90.0 Å². The van der Waals surface area contributed by atoms with Crippen LogP contribution in [0.2, 0.25) is 0 Å². The largest absolute Gasteiger partial charge is 0.512 e. The first kappa shape index (κ1) is 76.0. The average Bonchev–Trinajstić information content (AvgIpc) is 1.57. The second-order valence-electron chi connectivity index (χ2n) is 23.6. The number of nitrogens with zero attached hydrogens (tertiary/aromatic N) is 3. The zero-order valence-corrected chi connectivity index (χ0v) is 62.0. The minimum atomic E-state index is -0.125. The van der Waals surface area contributed by atoms with E-state index in [1.807, 2.05) is 48.8 Å². The van der Waals surface area contributed by atoms with Crippen LogP contribution >= 0.6 is 0 Å². The quantitative estimate of drug-likeness (QED) is 0.0805. The van der Waals surface area contributed by atoms with Gasteiger partial charge in [-0.2, -0.15) is 0 Å². The molecular formula is C82H76Ir3N3O6-3. The Bertz CT molecular complexity index is 4480. The first-order chi connectivity index (χ1) is 43.4. The number of aliphatic hydroxyl groups excluding tert-OH is 3. The van der Waals surface area contributed by atoms with Crippen LogP contribution in [-0.2, 0) is 85.5 Å². The Morgan fingerprint density at radius 1 is 0.426 bits per heavy atom. The van der Waals surface area contributed by atoms with Crippen molar-refractivity contribution >= 4 is 39.0 Å². The molecule has 0 saturated carbocycles. The molecule has 3 aromatic heterocycles. The van der Waals surface area contributed by atoms with Gasteiger partial charge in [0.15, 0.2) is 17.3 Å². The van der Waals surface area contributed by atoms with Gasteiger partial charge in [0.05, 0.1) is 22.8 Å². The van der Waals surface area contributed by atoms with Crippen molar-refractivity contribution in [2.24, 2.45) is 0 Å². The zero-order chi connectivity index (χ0) is 65.6. The van der Waals surface area contributed by atoms with Gasteiger partial charge in [0.1, 0.15) is 0 Å². The molecule has 9 nitrogen and oxygen atoms in total. The number of benzene rings is 8. The van der Waals surface area contributed by atoms with Gasteiger partial charge in [0.25, 0.3) is 0 Å². The van der Waals surface area contributed by atoms with Crippen molar-refractivity contribution in [3.8, 4) is 67.2 Å². The Balaban J connectivity index is 0.000000219. The first-order valence-electron chi connectivity index (χ1n) is 30.1. The second-order valence-corrected chi connectivity index (χ2v) is 23.6. The summed E-state index contributed by atoms with van der Waals surface area (Å²) in [5, 5.41) is 28.6. The number of aliphatic hydroxyl groups is 3. The topological polar surface area (TPSA) is 151 Å². The molecular weight excluding hydrogens is 1700 g/mol. The number of para-hydroxylation sites is 1. The summed E-state index contributed by atoms with van der Waals surface area (Å²) in [4.78, 5) is 44.0. The summed E-state index contributed by atoms with van der Waals surface area (Å²) in [5.41, 5.74) is 22.8. The van der Waals surface area contributed by atoms with E-state index < -0.39 is 0 Å². The van der Waals surface area contributed by atoms with E-state index in [9.17, 15) is 14.4 Å². The van der Waals surface area contributed by atoms with Crippen LogP contribution < -0.4 is 0 Å². The number of aromatic nitrogens is 3. The van der Waals surface area contributed by atoms with Crippen LogP contribution in [0.3, 0.4) is 0 Å². The van der Waals surface area contributed by atoms with Crippen LogP contribution in [0.4, 0.5) is 0 Å². The number of aryl methyl sites for hydroxylation is 2. The molecule has 0 spiro atoms. The Morgan fingerprint density at radius 2 is 0.894 bits per heavy atom. The second kappa shape index (κ2) is 34.5. The van der Waals surface area contributed by atoms with Crippen LogP contribution in [0, 0.1) is 32.0 Å². The van der Waals surface area contributed by atoms with Gasteiger partial charge in [-0.15, -0.1) is 93.5 Å². The summed E-state index contributed by atoms with van der Waals surface area (Å²) >= 11 is 0. The summed E-state index contributed by atoms with van der Waals surface area (Å²) < 4.78 is 0. The molecule has 13 rings (SSSR count). The molecule has 8 aromatic carbocycles. The van der Waals surface area contributed by atoms with Gasteiger partial charge in [-0.1, -0.05) is 209 Å². The van der Waals surface area contributed by atoms with Crippen LogP contribution in [0.5, 0.6) is 0 Å². The number of carbonyl (C=O) groups excluding carboxylic acids is 3. The van der Waals surface area contributed by atoms with Crippen molar-refractivity contribution in [3.05, 3.63) is 294 Å². The van der Waals surface area contributed by atoms with Crippen molar-refractivity contribution in [3.63, 3.8) is 0 Å². The summed E-state index contributed by atoms with van der Waals surface area (Å²) in [6.07, 6.45) is 7.28. The summed E-state index contributed by atoms with van der Waals surface area (Å²) in [6.45, 7) is 21.9. The fraction of sp³-hybridized carbons (Fsp3) is 0.171. The standard InChI is InChI=1S/C24H18N.C23H18N.C20H16N.3C5H8O2.3Ir/c1-24(2)21-10-6-5-9-19(21)20-12-11-17(13-22(20)24)23-14-16-7-3-4-8-18(16)15-25-23;1-16-12-13-19(14-17(16)2)23-15-21(18-8-4-3-5-9-18)20-10-6-7-11-22(20)24-23;1-20(2)17-8-4-3-7-15(17)16-11-10-14(13-18(16)20)19-9-5-6-12-21-19;3*1-4(6)3-5(2)7;;;/h3-10,12-15H,1-2H3;3-13,15H,1-2H3;3-9,11-13H,1-2H3;3*3,6H,1-2H3;;;/q3*-1;;;;;;. The van der Waals surface area contributed by atoms with E-state index in [2.05, 4.69) is 227 Å². The van der Waals surface area contributed by atoms with Gasteiger partial charge in [-0.05, 0) is 115 Å². The third-order valence-corrected chi connectivity index (χ3v) is 15.6. The molecule has 11 aromatic rings. The average molecular weight is 1780 g/mol. The van der Waals surface area contributed by atoms with Crippen molar-refractivity contribution in [1.82, 2.24) is 15.0 Å². The monoisotopic (exact) mass is 1780 g/mol. The van der Waals surface area contributed by atoms with Gasteiger partial charge in [0.2, 0.25) is 0 Å². The molecule has 0 unspecified atom stereocenters. The van der Waals surface area contributed by atoms with Crippen LogP contribution in [0.1, 0.15) is 103 Å². The van der Waals surface area contributed by atoms with Crippen molar-refractivity contribution in [1.29, 1.82) is 0 Å². The van der Waals surface area contributed by atoms with Gasteiger partial charge in [-0.3, -0.25) is 19.4 Å². The number of hydrogen-bond acceptors (Lipinski definition) is 9. The molecule has 0 aliphatic heterocycles. The van der Waals surface area contributed by atoms with E-state index in [-0.39, 0.29) is 106 Å². The summed E-state index contributed by atoms with van der Waals surface area (Å²) in [7, 11) is 0. The van der Waals surface area contributed by atoms with E-state index in [1.165, 1.54) is 143 Å². The summed E-state index contributed by atoms with van der Waals surface area (Å²) in [5.74, 6) is -0.187. The number of ketones is 3. The van der Waals surface area contributed by atoms with Crippen molar-refractivity contribution in [2.75, 3.05) is 0 Å². The number of fused-ring (bicyclic) bond motifs is 8. The van der Waals surface area contributed by atoms with E-state index in [0.29, 0.717) is 0 Å². The van der Waals surface area contributed by atoms with E-state index in [0.717, 1.165) is 39.3 Å². The fourth-order valence-corrected chi connectivity index (χ4v) is 11.2. The number of carbonyl (C=O) groups is 3. The van der Waals surface area contributed by atoms with Crippen LogP contribution in [-0.4, -0.2) is 47.6 Å². The molecule has 3 N–H and O–H groups in total. The number of rotatable bonds is 7. The number of pyridine rings is 3. The van der Waals surface area contributed by atoms with Gasteiger partial charge in [0, 0.05) is 96.3 Å². The maximum absolute atomic E-state index is 10.0. The molecule has 0 fully saturated rings. The normalized spacial score (nSPS) is 12.4. The Kier molecular flexibility index (Phi) is 27.9. The molecule has 0 amide bonds. The Morgan fingerprint density at radius 3 is 1.38 bits per heavy atom. The molecule has 94 heavy (non-hydrogen) atoms. The first-order valence-corrected chi connectivity index (χ1v) is 30.1. The predicted molar refractivity (Wildman–Crippen MR) is 372 cm³/mol. The Hall–Kier alpha value is -8.69. The molecule has 0 bridgehead atoms. The maximum Gasteiger partial charge on any atom is 0.155 e. The third kappa shape index (κ3) is 19.2.